The molecule has 0 saturated heterocycles. The lowest BCUT2D eigenvalue weighted by atomic mass is 10.1. The largest absolute Gasteiger partial charge is 0.465 e. The quantitative estimate of drug-likeness (QED) is 0.417. The van der Waals surface area contributed by atoms with Crippen LogP contribution in [0.3, 0.4) is 0 Å². The van der Waals surface area contributed by atoms with E-state index < -0.39 is 16.9 Å². The molecule has 0 N–H and O–H groups in total. The second kappa shape index (κ2) is 7.96. The highest BCUT2D eigenvalue weighted by Crippen LogP contribution is 2.37. The third-order valence-electron chi connectivity index (χ3n) is 3.58. The van der Waals surface area contributed by atoms with Crippen molar-refractivity contribution in [3.05, 3.63) is 68.0 Å². The number of nitro benzene ring substituents is 1. The SMILES string of the molecule is COC(=O)C1=C(C(=O)OC)N(c2c(C)cc([N+](=O)[O-])cc2Br)C=CC=C1. The van der Waals surface area contributed by atoms with Crippen molar-refractivity contribution >= 4 is 39.2 Å². The lowest BCUT2D eigenvalue weighted by Gasteiger charge is -2.25. The van der Waals surface area contributed by atoms with Crippen LogP contribution in [0.5, 0.6) is 0 Å². The van der Waals surface area contributed by atoms with Crippen molar-refractivity contribution in [2.24, 2.45) is 0 Å². The first kappa shape index (κ1) is 19.4. The number of ether oxygens (including phenoxy) is 2. The number of aryl methyl sites for hydroxylation is 1. The molecule has 0 bridgehead atoms. The summed E-state index contributed by atoms with van der Waals surface area (Å²) in [4.78, 5) is 36.5. The normalized spacial score (nSPS) is 13.5. The molecule has 136 valence electrons. The molecule has 26 heavy (non-hydrogen) atoms. The summed E-state index contributed by atoms with van der Waals surface area (Å²) >= 11 is 3.31. The maximum absolute atomic E-state index is 12.4. The van der Waals surface area contributed by atoms with E-state index in [9.17, 15) is 19.7 Å². The van der Waals surface area contributed by atoms with Gasteiger partial charge in [0.1, 0.15) is 5.70 Å². The fourth-order valence-electron chi connectivity index (χ4n) is 2.47. The average Bonchev–Trinajstić information content (AvgIpc) is 2.82. The summed E-state index contributed by atoms with van der Waals surface area (Å²) in [7, 11) is 2.40. The van der Waals surface area contributed by atoms with E-state index in [-0.39, 0.29) is 17.0 Å². The van der Waals surface area contributed by atoms with Crippen LogP contribution in [0.15, 0.2) is 52.3 Å². The van der Waals surface area contributed by atoms with Crippen LogP contribution in [0.25, 0.3) is 0 Å². The molecule has 1 heterocycles. The molecule has 8 nitrogen and oxygen atoms in total. The summed E-state index contributed by atoms with van der Waals surface area (Å²) in [6, 6.07) is 2.69. The van der Waals surface area contributed by atoms with Crippen molar-refractivity contribution in [1.82, 2.24) is 0 Å². The Morgan fingerprint density at radius 2 is 1.81 bits per heavy atom. The summed E-state index contributed by atoms with van der Waals surface area (Å²) < 4.78 is 9.96. The summed E-state index contributed by atoms with van der Waals surface area (Å²) in [6.07, 6.45) is 6.18. The molecule has 0 fully saturated rings. The lowest BCUT2D eigenvalue weighted by Crippen LogP contribution is -2.27. The number of hydrogen-bond acceptors (Lipinski definition) is 7. The lowest BCUT2D eigenvalue weighted by molar-refractivity contribution is -0.385. The van der Waals surface area contributed by atoms with Gasteiger partial charge in [0, 0.05) is 22.8 Å². The number of benzene rings is 1. The number of hydrogen-bond donors (Lipinski definition) is 0. The molecule has 0 saturated carbocycles. The van der Waals surface area contributed by atoms with Crippen LogP contribution in [0.2, 0.25) is 0 Å². The molecule has 2 rings (SSSR count). The van der Waals surface area contributed by atoms with Crippen LogP contribution in [-0.4, -0.2) is 31.1 Å². The van der Waals surface area contributed by atoms with Crippen molar-refractivity contribution in [1.29, 1.82) is 0 Å². The van der Waals surface area contributed by atoms with E-state index in [1.807, 2.05) is 0 Å². The van der Waals surface area contributed by atoms with Gasteiger partial charge in [0.2, 0.25) is 0 Å². The number of rotatable bonds is 4. The first-order valence-corrected chi connectivity index (χ1v) is 8.10. The fourth-order valence-corrected chi connectivity index (χ4v) is 3.20. The third-order valence-corrected chi connectivity index (χ3v) is 4.18. The maximum atomic E-state index is 12.4. The molecule has 1 aliphatic heterocycles. The van der Waals surface area contributed by atoms with Crippen molar-refractivity contribution in [3.8, 4) is 0 Å². The van der Waals surface area contributed by atoms with E-state index in [0.717, 1.165) is 0 Å². The second-order valence-corrected chi connectivity index (χ2v) is 6.02. The Balaban J connectivity index is 2.76. The molecule has 1 aromatic carbocycles. The van der Waals surface area contributed by atoms with Crippen LogP contribution in [0.1, 0.15) is 5.56 Å². The highest BCUT2D eigenvalue weighted by Gasteiger charge is 2.29. The predicted molar refractivity (Wildman–Crippen MR) is 97.4 cm³/mol. The van der Waals surface area contributed by atoms with Crippen molar-refractivity contribution in [2.45, 2.75) is 6.92 Å². The van der Waals surface area contributed by atoms with E-state index in [2.05, 4.69) is 15.9 Å². The molecule has 1 aromatic rings. The molecule has 0 spiro atoms. The van der Waals surface area contributed by atoms with E-state index in [1.165, 1.54) is 37.3 Å². The maximum Gasteiger partial charge on any atom is 0.355 e. The smallest absolute Gasteiger partial charge is 0.355 e. The van der Waals surface area contributed by atoms with E-state index >= 15 is 0 Å². The van der Waals surface area contributed by atoms with Gasteiger partial charge < -0.3 is 14.4 Å². The monoisotopic (exact) mass is 422 g/mol. The van der Waals surface area contributed by atoms with Crippen molar-refractivity contribution in [2.75, 3.05) is 19.1 Å². The molecule has 0 unspecified atom stereocenters. The topological polar surface area (TPSA) is 99.0 Å². The first-order valence-electron chi connectivity index (χ1n) is 7.31. The minimum absolute atomic E-state index is 0.00555. The molecule has 9 heteroatoms. The molecule has 0 aliphatic carbocycles. The molecule has 0 atom stereocenters. The second-order valence-electron chi connectivity index (χ2n) is 5.17. The zero-order chi connectivity index (χ0) is 19.4. The Morgan fingerprint density at radius 1 is 1.15 bits per heavy atom. The van der Waals surface area contributed by atoms with E-state index in [0.29, 0.717) is 15.7 Å². The predicted octanol–water partition coefficient (Wildman–Crippen LogP) is 3.16. The van der Waals surface area contributed by atoms with Crippen LogP contribution >= 0.6 is 15.9 Å². The van der Waals surface area contributed by atoms with Gasteiger partial charge in [-0.25, -0.2) is 9.59 Å². The summed E-state index contributed by atoms with van der Waals surface area (Å²) in [5, 5.41) is 11.0. The Morgan fingerprint density at radius 3 is 2.35 bits per heavy atom. The number of nitro groups is 1. The van der Waals surface area contributed by atoms with Crippen LogP contribution in [0, 0.1) is 17.0 Å². The number of carbonyl (C=O) groups is 2. The Bertz CT molecular complexity index is 849. The van der Waals surface area contributed by atoms with Gasteiger partial charge in [-0.15, -0.1) is 0 Å². The van der Waals surface area contributed by atoms with Crippen molar-refractivity contribution in [3.63, 3.8) is 0 Å². The number of anilines is 1. The molecule has 1 aliphatic rings. The fraction of sp³-hybridized carbons (Fsp3) is 0.176. The molecular formula is C17H15BrN2O6. The van der Waals surface area contributed by atoms with E-state index in [1.54, 1.807) is 25.3 Å². The number of carbonyl (C=O) groups excluding carboxylic acids is 2. The first-order chi connectivity index (χ1) is 12.3. The Hall–Kier alpha value is -2.94. The van der Waals surface area contributed by atoms with Gasteiger partial charge in [0.05, 0.1) is 30.4 Å². The minimum Gasteiger partial charge on any atom is -0.465 e. The molecule has 0 amide bonds. The summed E-state index contributed by atoms with van der Waals surface area (Å²) in [5.74, 6) is -1.47. The number of esters is 2. The molecule has 0 radical (unpaired) electrons. The highest BCUT2D eigenvalue weighted by molar-refractivity contribution is 9.10. The number of allylic oxidation sites excluding steroid dienone is 2. The summed E-state index contributed by atoms with van der Waals surface area (Å²) in [6.45, 7) is 1.66. The molecular weight excluding hydrogens is 408 g/mol. The van der Waals surface area contributed by atoms with Gasteiger partial charge in [-0.1, -0.05) is 6.08 Å². The summed E-state index contributed by atoms with van der Waals surface area (Å²) in [5.41, 5.74) is 0.795. The average molecular weight is 423 g/mol. The zero-order valence-electron chi connectivity index (χ0n) is 14.2. The Kier molecular flexibility index (Phi) is 5.93. The number of nitrogens with zero attached hydrogens (tertiary/aromatic N) is 2. The van der Waals surface area contributed by atoms with Crippen LogP contribution in [0.4, 0.5) is 11.4 Å². The van der Waals surface area contributed by atoms with Gasteiger partial charge in [-0.05, 0) is 40.6 Å². The standard InChI is InChI=1S/C17H15BrN2O6/c1-10-8-11(20(23)24)9-13(18)14(10)19-7-5-4-6-12(16(21)25-2)15(19)17(22)26-3/h4-9H,1-3H3. The van der Waals surface area contributed by atoms with Crippen molar-refractivity contribution < 1.29 is 24.0 Å². The highest BCUT2D eigenvalue weighted by atomic mass is 79.9. The zero-order valence-corrected chi connectivity index (χ0v) is 15.8. The molecule has 0 aromatic heterocycles. The van der Waals surface area contributed by atoms with E-state index in [4.69, 9.17) is 9.47 Å². The van der Waals surface area contributed by atoms with Gasteiger partial charge in [0.15, 0.2) is 0 Å². The Labute approximate surface area is 157 Å². The van der Waals surface area contributed by atoms with Gasteiger partial charge >= 0.3 is 11.9 Å². The number of halogens is 1. The van der Waals surface area contributed by atoms with Crippen LogP contribution in [-0.2, 0) is 19.1 Å². The minimum atomic E-state index is -0.758. The number of non-ortho nitro benzene ring substituents is 1. The number of methoxy groups -OCH3 is 2. The van der Waals surface area contributed by atoms with Gasteiger partial charge in [-0.3, -0.25) is 10.1 Å². The van der Waals surface area contributed by atoms with Crippen LogP contribution < -0.4 is 4.90 Å². The van der Waals surface area contributed by atoms with Gasteiger partial charge in [-0.2, -0.15) is 0 Å². The third kappa shape index (κ3) is 3.67. The van der Waals surface area contributed by atoms with Gasteiger partial charge in [0.25, 0.3) is 5.69 Å².